The summed E-state index contributed by atoms with van der Waals surface area (Å²) in [6, 6.07) is 0. The van der Waals surface area contributed by atoms with Gasteiger partial charge in [0.05, 0.1) is 19.3 Å². The van der Waals surface area contributed by atoms with Crippen molar-refractivity contribution in [3.63, 3.8) is 0 Å². The maximum absolute atomic E-state index is 13.5. The van der Waals surface area contributed by atoms with Crippen LogP contribution in [0, 0.1) is 28.6 Å². The van der Waals surface area contributed by atoms with E-state index in [-0.39, 0.29) is 49.6 Å². The lowest BCUT2D eigenvalue weighted by Gasteiger charge is -2.59. The van der Waals surface area contributed by atoms with Crippen molar-refractivity contribution in [2.45, 2.75) is 71.5 Å². The molecule has 192 valence electrons. The van der Waals surface area contributed by atoms with Crippen LogP contribution in [0.3, 0.4) is 0 Å². The first kappa shape index (κ1) is 25.4. The van der Waals surface area contributed by atoms with Crippen LogP contribution >= 0.6 is 0 Å². The Labute approximate surface area is 204 Å². The van der Waals surface area contributed by atoms with Crippen molar-refractivity contribution < 1.29 is 43.2 Å². The van der Waals surface area contributed by atoms with Gasteiger partial charge < -0.3 is 24.1 Å². The predicted octanol–water partition coefficient (Wildman–Crippen LogP) is 3.88. The van der Waals surface area contributed by atoms with Gasteiger partial charge in [0.25, 0.3) is 0 Å². The smallest absolute Gasteiger partial charge is 0.435 e. The van der Waals surface area contributed by atoms with E-state index >= 15 is 0 Å². The third-order valence-electron chi connectivity index (χ3n) is 8.90. The van der Waals surface area contributed by atoms with Crippen LogP contribution in [0.15, 0.2) is 23.8 Å². The van der Waals surface area contributed by atoms with Gasteiger partial charge in [0, 0.05) is 16.7 Å². The molecule has 4 aliphatic rings. The zero-order valence-electron chi connectivity index (χ0n) is 20.7. The Morgan fingerprint density at radius 3 is 2.46 bits per heavy atom. The van der Waals surface area contributed by atoms with E-state index < -0.39 is 40.8 Å². The molecular formula is C26H34O9. The van der Waals surface area contributed by atoms with E-state index in [4.69, 9.17) is 18.9 Å². The van der Waals surface area contributed by atoms with Gasteiger partial charge in [-0.2, -0.15) is 0 Å². The molecule has 0 saturated heterocycles. The number of esters is 1. The normalized spacial score (nSPS) is 39.5. The summed E-state index contributed by atoms with van der Waals surface area (Å²) in [5, 5.41) is 11.5. The van der Waals surface area contributed by atoms with Crippen LogP contribution in [0.2, 0.25) is 0 Å². The van der Waals surface area contributed by atoms with E-state index in [1.165, 1.54) is 0 Å². The first-order chi connectivity index (χ1) is 16.5. The van der Waals surface area contributed by atoms with E-state index in [2.05, 4.69) is 6.92 Å². The number of rotatable bonds is 4. The van der Waals surface area contributed by atoms with Gasteiger partial charge in [-0.25, -0.2) is 14.4 Å². The fourth-order valence-corrected chi connectivity index (χ4v) is 7.45. The van der Waals surface area contributed by atoms with Gasteiger partial charge in [0.2, 0.25) is 5.60 Å². The zero-order valence-corrected chi connectivity index (χ0v) is 20.7. The lowest BCUT2D eigenvalue weighted by atomic mass is 9.46. The van der Waals surface area contributed by atoms with Gasteiger partial charge in [0.15, 0.2) is 5.78 Å². The van der Waals surface area contributed by atoms with Crippen molar-refractivity contribution in [1.29, 1.82) is 0 Å². The molecule has 9 heteroatoms. The van der Waals surface area contributed by atoms with Gasteiger partial charge in [-0.05, 0) is 69.9 Å². The molecule has 3 fully saturated rings. The summed E-state index contributed by atoms with van der Waals surface area (Å²) in [7, 11) is 0. The van der Waals surface area contributed by atoms with Gasteiger partial charge >= 0.3 is 18.3 Å². The van der Waals surface area contributed by atoms with E-state index in [1.807, 2.05) is 13.0 Å². The first-order valence-corrected chi connectivity index (χ1v) is 12.4. The number of carbonyl (C=O) groups is 4. The average Bonchev–Trinajstić information content (AvgIpc) is 3.06. The number of hydrogen-bond acceptors (Lipinski definition) is 9. The molecule has 9 nitrogen and oxygen atoms in total. The fraction of sp³-hybridized carbons (Fsp3) is 0.692. The summed E-state index contributed by atoms with van der Waals surface area (Å²) < 4.78 is 20.5. The van der Waals surface area contributed by atoms with Crippen molar-refractivity contribution in [2.24, 2.45) is 28.6 Å². The third kappa shape index (κ3) is 3.88. The summed E-state index contributed by atoms with van der Waals surface area (Å²) in [5.74, 6) is -1.30. The minimum Gasteiger partial charge on any atom is -0.435 e. The van der Waals surface area contributed by atoms with Gasteiger partial charge in [-0.15, -0.1) is 0 Å². The Morgan fingerprint density at radius 1 is 1.09 bits per heavy atom. The minimum absolute atomic E-state index is 0.00631. The number of ketones is 1. The van der Waals surface area contributed by atoms with E-state index in [0.29, 0.717) is 12.8 Å². The van der Waals surface area contributed by atoms with E-state index in [0.717, 1.165) is 12.0 Å². The summed E-state index contributed by atoms with van der Waals surface area (Å²) in [5.41, 5.74) is -2.27. The third-order valence-corrected chi connectivity index (χ3v) is 8.90. The van der Waals surface area contributed by atoms with E-state index in [1.54, 1.807) is 26.0 Å². The number of aliphatic hydroxyl groups excluding tert-OH is 1. The second kappa shape index (κ2) is 9.08. The number of fused-ring (bicyclic) bond motifs is 5. The maximum Gasteiger partial charge on any atom is 0.516 e. The molecule has 0 heterocycles. The van der Waals surface area contributed by atoms with Crippen LogP contribution in [-0.2, 0) is 28.5 Å². The maximum atomic E-state index is 13.5. The standard InChI is InChI=1S/C26H34O9/c1-5-32-22(30)34-21(29)26(35-23(31)33-6-2)12-10-18-17-8-7-15-13-16(27)9-11-24(15,3)20(17)19(28)14-25(18,26)4/h9,11,13,17-20,28H,5-8,10,12,14H2,1-4H3/t17?,18?,19-,20?,24-,25-,26-/m0/s1. The molecule has 0 radical (unpaired) electrons. The molecule has 3 unspecified atom stereocenters. The largest absolute Gasteiger partial charge is 0.516 e. The summed E-state index contributed by atoms with van der Waals surface area (Å²) in [6.45, 7) is 7.15. The molecule has 4 aliphatic carbocycles. The summed E-state index contributed by atoms with van der Waals surface area (Å²) in [6.07, 6.45) is 4.37. The van der Waals surface area contributed by atoms with Crippen molar-refractivity contribution in [3.8, 4) is 0 Å². The molecule has 35 heavy (non-hydrogen) atoms. The van der Waals surface area contributed by atoms with Crippen molar-refractivity contribution in [3.05, 3.63) is 23.8 Å². The van der Waals surface area contributed by atoms with Crippen molar-refractivity contribution >= 4 is 24.1 Å². The summed E-state index contributed by atoms with van der Waals surface area (Å²) >= 11 is 0. The van der Waals surface area contributed by atoms with Gasteiger partial charge in [-0.3, -0.25) is 4.79 Å². The molecule has 4 rings (SSSR count). The zero-order chi connectivity index (χ0) is 25.6. The number of hydrogen-bond donors (Lipinski definition) is 1. The molecule has 3 saturated carbocycles. The summed E-state index contributed by atoms with van der Waals surface area (Å²) in [4.78, 5) is 50.0. The van der Waals surface area contributed by atoms with Crippen LogP contribution in [0.4, 0.5) is 9.59 Å². The quantitative estimate of drug-likeness (QED) is 0.461. The Morgan fingerprint density at radius 2 is 1.77 bits per heavy atom. The molecule has 0 aliphatic heterocycles. The van der Waals surface area contributed by atoms with Crippen LogP contribution in [0.25, 0.3) is 0 Å². The first-order valence-electron chi connectivity index (χ1n) is 12.4. The van der Waals surface area contributed by atoms with Crippen LogP contribution in [0.5, 0.6) is 0 Å². The second-order valence-corrected chi connectivity index (χ2v) is 10.4. The van der Waals surface area contributed by atoms with Crippen molar-refractivity contribution in [1.82, 2.24) is 0 Å². The average molecular weight is 491 g/mol. The SMILES string of the molecule is CCOC(=O)OC(=O)[C@@]1(OC(=O)OCC)CCC2C3CCC4=CC(=O)C=C[C@]4(C)C3[C@@H](O)C[C@@]21C. The molecule has 0 aromatic rings. The van der Waals surface area contributed by atoms with Crippen LogP contribution in [0.1, 0.15) is 59.8 Å². The van der Waals surface area contributed by atoms with E-state index in [9.17, 15) is 24.3 Å². The molecule has 0 amide bonds. The number of allylic oxidation sites excluding steroid dienone is 4. The number of ether oxygens (including phenoxy) is 4. The van der Waals surface area contributed by atoms with Crippen LogP contribution in [-0.4, -0.2) is 54.1 Å². The Kier molecular flexibility index (Phi) is 6.59. The molecule has 0 bridgehead atoms. The van der Waals surface area contributed by atoms with Gasteiger partial charge in [-0.1, -0.05) is 25.5 Å². The molecule has 0 aromatic heterocycles. The second-order valence-electron chi connectivity index (χ2n) is 10.4. The predicted molar refractivity (Wildman–Crippen MR) is 122 cm³/mol. The minimum atomic E-state index is -1.81. The number of carbonyl (C=O) groups excluding carboxylic acids is 4. The Hall–Kier alpha value is -2.68. The Bertz CT molecular complexity index is 983. The highest BCUT2D eigenvalue weighted by atomic mass is 16.8. The highest BCUT2D eigenvalue weighted by Gasteiger charge is 2.72. The lowest BCUT2D eigenvalue weighted by Crippen LogP contribution is -2.63. The molecular weight excluding hydrogens is 456 g/mol. The molecule has 1 N–H and O–H groups in total. The highest BCUT2D eigenvalue weighted by molar-refractivity contribution is 6.01. The molecule has 0 aromatic carbocycles. The van der Waals surface area contributed by atoms with Crippen molar-refractivity contribution in [2.75, 3.05) is 13.2 Å². The lowest BCUT2D eigenvalue weighted by molar-refractivity contribution is -0.197. The number of aliphatic hydroxyl groups is 1. The van der Waals surface area contributed by atoms with Gasteiger partial charge in [0.1, 0.15) is 0 Å². The van der Waals surface area contributed by atoms with Crippen LogP contribution < -0.4 is 0 Å². The fourth-order valence-electron chi connectivity index (χ4n) is 7.45. The monoisotopic (exact) mass is 490 g/mol. The Balaban J connectivity index is 1.72. The molecule has 0 spiro atoms. The topological polar surface area (TPSA) is 125 Å². The highest BCUT2D eigenvalue weighted by Crippen LogP contribution is 2.68. The molecule has 7 atom stereocenters.